The summed E-state index contributed by atoms with van der Waals surface area (Å²) in [5.74, 6) is -0.667. The highest BCUT2D eigenvalue weighted by Crippen LogP contribution is 2.37. The highest BCUT2D eigenvalue weighted by Gasteiger charge is 2.57. The van der Waals surface area contributed by atoms with E-state index < -0.39 is 34.2 Å². The molecule has 2 fully saturated rings. The molecule has 3 aliphatic heterocycles. The molecule has 2 saturated heterocycles. The first-order valence-electron chi connectivity index (χ1n) is 13.0. The molecule has 1 aromatic rings. The van der Waals surface area contributed by atoms with Crippen molar-refractivity contribution in [2.75, 3.05) is 39.8 Å². The molecule has 0 aliphatic carbocycles. The number of nitrogens with zero attached hydrogens (tertiary/aromatic N) is 5. The number of rotatable bonds is 9. The number of hydroxylamine groups is 1. The van der Waals surface area contributed by atoms with E-state index in [9.17, 15) is 23.1 Å². The molecule has 1 aromatic carbocycles. The molecule has 39 heavy (non-hydrogen) atoms. The van der Waals surface area contributed by atoms with Gasteiger partial charge in [-0.15, -0.1) is 0 Å². The first-order valence-corrected chi connectivity index (χ1v) is 14.5. The van der Waals surface area contributed by atoms with Crippen molar-refractivity contribution in [2.24, 2.45) is 4.99 Å². The third-order valence-electron chi connectivity index (χ3n) is 6.67. The summed E-state index contributed by atoms with van der Waals surface area (Å²) in [6.07, 6.45) is -1.47. The Bertz CT molecular complexity index is 1290. The van der Waals surface area contributed by atoms with Crippen LogP contribution in [0.1, 0.15) is 52.3 Å². The van der Waals surface area contributed by atoms with Gasteiger partial charge in [-0.05, 0) is 52.4 Å². The number of likely N-dealkylation sites (N-methyl/N-ethyl adjacent to an activating group) is 1. The molecule has 2 atom stereocenters. The lowest BCUT2D eigenvalue weighted by Crippen LogP contribution is -2.62. The molecule has 3 heterocycles. The second kappa shape index (κ2) is 11.7. The van der Waals surface area contributed by atoms with Gasteiger partial charge in [-0.25, -0.2) is 13.2 Å². The number of carbonyl (C=O) groups is 2. The molecule has 1 radical (unpaired) electrons. The molecule has 0 bridgehead atoms. The highest BCUT2D eigenvalue weighted by molar-refractivity contribution is 7.89. The van der Waals surface area contributed by atoms with E-state index in [4.69, 9.17) is 9.57 Å². The Morgan fingerprint density at radius 2 is 1.95 bits per heavy atom. The zero-order chi connectivity index (χ0) is 28.5. The quantitative estimate of drug-likeness (QED) is 0.416. The van der Waals surface area contributed by atoms with Crippen LogP contribution in [0.25, 0.3) is 0 Å². The van der Waals surface area contributed by atoms with Crippen LogP contribution in [0.2, 0.25) is 0 Å². The van der Waals surface area contributed by atoms with Gasteiger partial charge >= 0.3 is 11.9 Å². The lowest BCUT2D eigenvalue weighted by Gasteiger charge is -2.34. The fourth-order valence-corrected chi connectivity index (χ4v) is 6.08. The first kappa shape index (κ1) is 29.1. The number of ether oxygens (including phenoxy) is 1. The van der Waals surface area contributed by atoms with Crippen molar-refractivity contribution >= 4 is 27.7 Å². The smallest absolute Gasteiger partial charge is 0.359 e. The summed E-state index contributed by atoms with van der Waals surface area (Å²) in [6, 6.07) is 4.43. The number of nitrogens with one attached hydrogen (secondary N) is 1. The average molecular weight is 565 g/mol. The lowest BCUT2D eigenvalue weighted by molar-refractivity contribution is -0.249. The van der Waals surface area contributed by atoms with Crippen LogP contribution in [-0.2, 0) is 24.4 Å². The lowest BCUT2D eigenvalue weighted by atomic mass is 10.1. The predicted octanol–water partition coefficient (Wildman–Crippen LogP) is 0.790. The van der Waals surface area contributed by atoms with Gasteiger partial charge in [-0.3, -0.25) is 4.79 Å². The monoisotopic (exact) mass is 564 g/mol. The van der Waals surface area contributed by atoms with Crippen molar-refractivity contribution in [3.8, 4) is 5.75 Å². The van der Waals surface area contributed by atoms with Gasteiger partial charge < -0.3 is 24.9 Å². The van der Waals surface area contributed by atoms with Gasteiger partial charge in [0.25, 0.3) is 11.5 Å². The summed E-state index contributed by atoms with van der Waals surface area (Å²) in [6.45, 7) is 8.83. The molecule has 0 aromatic heterocycles. The largest absolute Gasteiger partial charge is 0.493 e. The van der Waals surface area contributed by atoms with E-state index in [0.29, 0.717) is 56.3 Å². The maximum atomic E-state index is 13.6. The number of piperazine rings is 1. The summed E-state index contributed by atoms with van der Waals surface area (Å²) >= 11 is 0. The minimum absolute atomic E-state index is 0.0166. The third-order valence-corrected chi connectivity index (χ3v) is 8.57. The van der Waals surface area contributed by atoms with Crippen molar-refractivity contribution in [1.29, 1.82) is 0 Å². The number of sulfonamides is 1. The Hall–Kier alpha value is -2.88. The number of benzene rings is 1. The van der Waals surface area contributed by atoms with E-state index >= 15 is 0 Å². The first-order chi connectivity index (χ1) is 18.5. The van der Waals surface area contributed by atoms with Crippen LogP contribution in [0.3, 0.4) is 0 Å². The summed E-state index contributed by atoms with van der Waals surface area (Å²) in [5.41, 5.74) is 0.870. The van der Waals surface area contributed by atoms with E-state index in [2.05, 4.69) is 15.2 Å². The predicted molar refractivity (Wildman–Crippen MR) is 142 cm³/mol. The van der Waals surface area contributed by atoms with E-state index in [0.717, 1.165) is 5.17 Å². The Labute approximate surface area is 228 Å². The van der Waals surface area contributed by atoms with Gasteiger partial charge in [-0.1, -0.05) is 6.92 Å². The van der Waals surface area contributed by atoms with Gasteiger partial charge in [0.05, 0.1) is 16.5 Å². The number of aliphatic hydroxyl groups excluding tert-OH is 1. The number of hydrazine groups is 1. The SMILES string of the molecule is CCCC1=NC(C)=C2C(=O)NC(c3cc(S(=O)(=O)N4CCN(C)CC4)ccc3OCC)N(OC(=O)C(C)O)[N+]12. The average Bonchev–Trinajstić information content (AvgIpc) is 3.22. The standard InChI is InChI=1S/C25H36N6O7S/c1-6-8-21-26-16(3)22-24(33)27-23(31(30(21)22)38-25(34)17(4)32)19-15-18(9-10-20(19)37-7-2)39(35,36)29-13-11-28(5)12-14-29/h9-10,15,17,23,32H,6-8,11-14H2,1-5H3,(H,27,33)/q+1. The number of hydrogen-bond acceptors (Lipinski definition) is 11. The van der Waals surface area contributed by atoms with E-state index in [1.165, 1.54) is 34.4 Å². The highest BCUT2D eigenvalue weighted by atomic mass is 32.2. The van der Waals surface area contributed by atoms with E-state index in [1.807, 2.05) is 14.0 Å². The number of aliphatic hydroxyl groups is 1. The Kier molecular flexibility index (Phi) is 8.73. The van der Waals surface area contributed by atoms with Crippen molar-refractivity contribution < 1.29 is 32.7 Å². The van der Waals surface area contributed by atoms with Crippen LogP contribution >= 0.6 is 0 Å². The molecule has 4 rings (SSSR count). The number of hydrogen-bond donors (Lipinski definition) is 2. The summed E-state index contributed by atoms with van der Waals surface area (Å²) < 4.78 is 34.4. The van der Waals surface area contributed by atoms with Gasteiger partial charge in [0.15, 0.2) is 6.10 Å². The summed E-state index contributed by atoms with van der Waals surface area (Å²) in [5, 5.41) is 15.3. The fourth-order valence-electron chi connectivity index (χ4n) is 4.62. The topological polar surface area (TPSA) is 147 Å². The summed E-state index contributed by atoms with van der Waals surface area (Å²) in [4.78, 5) is 38.2. The van der Waals surface area contributed by atoms with Crippen molar-refractivity contribution in [2.45, 2.75) is 57.7 Å². The van der Waals surface area contributed by atoms with Gasteiger partial charge in [0.2, 0.25) is 16.2 Å². The normalized spacial score (nSPS) is 22.4. The Morgan fingerprint density at radius 3 is 2.56 bits per heavy atom. The molecule has 2 unspecified atom stereocenters. The maximum Gasteiger partial charge on any atom is 0.359 e. The minimum atomic E-state index is -3.87. The van der Waals surface area contributed by atoms with Crippen molar-refractivity contribution in [3.63, 3.8) is 0 Å². The number of amidine groups is 1. The second-order valence-corrected chi connectivity index (χ2v) is 11.6. The zero-order valence-corrected chi connectivity index (χ0v) is 23.7. The number of allylic oxidation sites excluding steroid dienone is 1. The van der Waals surface area contributed by atoms with Gasteiger partial charge in [0.1, 0.15) is 16.6 Å². The molecule has 2 N–H and O–H groups in total. The zero-order valence-electron chi connectivity index (χ0n) is 22.9. The Morgan fingerprint density at radius 1 is 1.26 bits per heavy atom. The number of amides is 1. The number of aliphatic imine (C=N–C) groups is 1. The third kappa shape index (κ3) is 5.71. The molecule has 14 heteroatoms. The van der Waals surface area contributed by atoms with Crippen LogP contribution in [-0.4, -0.2) is 91.6 Å². The van der Waals surface area contributed by atoms with Crippen LogP contribution < -0.4 is 15.1 Å². The van der Waals surface area contributed by atoms with Crippen molar-refractivity contribution in [1.82, 2.24) is 24.7 Å². The minimum Gasteiger partial charge on any atom is -0.493 e. The van der Waals surface area contributed by atoms with Crippen LogP contribution in [0.5, 0.6) is 5.75 Å². The number of fused-ring (bicyclic) bond motifs is 1. The summed E-state index contributed by atoms with van der Waals surface area (Å²) in [7, 11) is -1.93. The second-order valence-electron chi connectivity index (χ2n) is 9.63. The molecular weight excluding hydrogens is 528 g/mol. The molecule has 1 amide bonds. The molecule has 0 saturated carbocycles. The van der Waals surface area contributed by atoms with E-state index in [-0.39, 0.29) is 22.8 Å². The van der Waals surface area contributed by atoms with Crippen LogP contribution in [0.15, 0.2) is 39.5 Å². The van der Waals surface area contributed by atoms with Crippen LogP contribution in [0, 0.1) is 0 Å². The maximum absolute atomic E-state index is 13.6. The van der Waals surface area contributed by atoms with E-state index in [1.54, 1.807) is 13.8 Å². The molecule has 13 nitrogen and oxygen atoms in total. The van der Waals surface area contributed by atoms with Crippen LogP contribution in [0.4, 0.5) is 0 Å². The fraction of sp³-hybridized carbons (Fsp3) is 0.560. The molecule has 213 valence electrons. The number of carbonyl (C=O) groups excluding carboxylic acids is 2. The molecular formula is C25H36N6O7S+. The Balaban J connectivity index is 1.82. The van der Waals surface area contributed by atoms with Crippen molar-refractivity contribution in [3.05, 3.63) is 35.2 Å². The molecule has 3 aliphatic rings. The van der Waals surface area contributed by atoms with Gasteiger partial charge in [0, 0.05) is 38.2 Å². The molecule has 0 spiro atoms. The van der Waals surface area contributed by atoms with Gasteiger partial charge in [-0.2, -0.15) is 9.30 Å².